The second kappa shape index (κ2) is 5.62. The number of aryl methyl sites for hydroxylation is 2. The summed E-state index contributed by atoms with van der Waals surface area (Å²) in [6, 6.07) is 0. The molecule has 0 unspecified atom stereocenters. The topological polar surface area (TPSA) is 80.5 Å². The lowest BCUT2D eigenvalue weighted by Gasteiger charge is -2.06. The second-order valence-corrected chi connectivity index (χ2v) is 5.14. The fourth-order valence-corrected chi connectivity index (χ4v) is 3.04. The Kier molecular flexibility index (Phi) is 4.11. The van der Waals surface area contributed by atoms with E-state index >= 15 is 0 Å². The molecule has 0 aromatic carbocycles. The van der Waals surface area contributed by atoms with Crippen LogP contribution in [0.2, 0.25) is 0 Å². The molecule has 19 heavy (non-hydrogen) atoms. The zero-order valence-corrected chi connectivity index (χ0v) is 12.3. The van der Waals surface area contributed by atoms with Gasteiger partial charge in [-0.2, -0.15) is 5.10 Å². The van der Waals surface area contributed by atoms with Gasteiger partial charge in [0.1, 0.15) is 5.03 Å². The molecule has 0 spiro atoms. The van der Waals surface area contributed by atoms with E-state index in [2.05, 4.69) is 20.6 Å². The van der Waals surface area contributed by atoms with Crippen molar-refractivity contribution in [3.63, 3.8) is 0 Å². The highest BCUT2D eigenvalue weighted by molar-refractivity contribution is 7.99. The van der Waals surface area contributed by atoms with E-state index in [1.165, 1.54) is 11.8 Å². The van der Waals surface area contributed by atoms with Gasteiger partial charge in [-0.1, -0.05) is 0 Å². The fraction of sp³-hybridized carbons (Fsp3) is 0.545. The molecule has 0 radical (unpaired) electrons. The third-order valence-electron chi connectivity index (χ3n) is 2.87. The number of rotatable bonds is 5. The highest BCUT2D eigenvalue weighted by Gasteiger charge is 2.17. The highest BCUT2D eigenvalue weighted by Crippen LogP contribution is 2.29. The Bertz CT molecular complexity index is 626. The molecule has 0 fully saturated rings. The molecule has 104 valence electrons. The Labute approximate surface area is 115 Å². The summed E-state index contributed by atoms with van der Waals surface area (Å²) in [7, 11) is 3.80. The van der Waals surface area contributed by atoms with Crippen molar-refractivity contribution in [2.24, 2.45) is 7.05 Å². The van der Waals surface area contributed by atoms with Crippen LogP contribution in [0.1, 0.15) is 18.2 Å². The average molecular weight is 282 g/mol. The van der Waals surface area contributed by atoms with E-state index in [9.17, 15) is 4.79 Å². The van der Waals surface area contributed by atoms with Gasteiger partial charge in [-0.05, 0) is 32.7 Å². The molecule has 2 aromatic rings. The van der Waals surface area contributed by atoms with Crippen molar-refractivity contribution in [1.29, 1.82) is 0 Å². The molecule has 0 saturated carbocycles. The normalized spacial score (nSPS) is 11.2. The maximum atomic E-state index is 11.6. The summed E-state index contributed by atoms with van der Waals surface area (Å²) in [4.78, 5) is 11.6. The van der Waals surface area contributed by atoms with E-state index < -0.39 is 0 Å². The van der Waals surface area contributed by atoms with Crippen LogP contribution >= 0.6 is 11.8 Å². The quantitative estimate of drug-likeness (QED) is 0.835. The van der Waals surface area contributed by atoms with Crippen molar-refractivity contribution in [1.82, 2.24) is 29.9 Å². The highest BCUT2D eigenvalue weighted by atomic mass is 32.2. The Balaban J connectivity index is 2.40. The molecule has 0 aliphatic rings. The lowest BCUT2D eigenvalue weighted by atomic mass is 10.3. The SMILES string of the molecule is CCn1c(Sc2c(CNC)c(C)nn2C)n[nH]c1=O. The van der Waals surface area contributed by atoms with Gasteiger partial charge >= 0.3 is 5.69 Å². The molecule has 2 heterocycles. The number of hydrogen-bond acceptors (Lipinski definition) is 5. The molecular formula is C11H18N6OS. The Morgan fingerprint density at radius 2 is 2.21 bits per heavy atom. The largest absolute Gasteiger partial charge is 0.343 e. The van der Waals surface area contributed by atoms with E-state index in [0.717, 1.165) is 22.8 Å². The molecule has 0 saturated heterocycles. The predicted molar refractivity (Wildman–Crippen MR) is 73.4 cm³/mol. The van der Waals surface area contributed by atoms with Gasteiger partial charge in [0.05, 0.1) is 5.69 Å². The van der Waals surface area contributed by atoms with Crippen molar-refractivity contribution >= 4 is 11.8 Å². The van der Waals surface area contributed by atoms with E-state index in [0.29, 0.717) is 11.7 Å². The number of hydrogen-bond donors (Lipinski definition) is 2. The Hall–Kier alpha value is -1.54. The van der Waals surface area contributed by atoms with Gasteiger partial charge in [0.15, 0.2) is 5.16 Å². The molecule has 0 atom stereocenters. The molecule has 2 aromatic heterocycles. The van der Waals surface area contributed by atoms with Crippen LogP contribution < -0.4 is 11.0 Å². The van der Waals surface area contributed by atoms with Gasteiger partial charge < -0.3 is 5.32 Å². The van der Waals surface area contributed by atoms with Crippen molar-refractivity contribution in [2.45, 2.75) is 37.1 Å². The first kappa shape index (κ1) is 13.9. The third kappa shape index (κ3) is 2.59. The minimum absolute atomic E-state index is 0.181. The third-order valence-corrected chi connectivity index (χ3v) is 4.07. The van der Waals surface area contributed by atoms with Crippen LogP contribution in [0.25, 0.3) is 0 Å². The molecule has 0 amide bonds. The van der Waals surface area contributed by atoms with E-state index in [4.69, 9.17) is 0 Å². The molecule has 2 N–H and O–H groups in total. The summed E-state index contributed by atoms with van der Waals surface area (Å²) in [5.74, 6) is 0. The minimum atomic E-state index is -0.181. The number of aromatic nitrogens is 5. The summed E-state index contributed by atoms with van der Waals surface area (Å²) in [6.45, 7) is 5.23. The van der Waals surface area contributed by atoms with Gasteiger partial charge in [0, 0.05) is 25.7 Å². The van der Waals surface area contributed by atoms with Crippen LogP contribution in [-0.2, 0) is 20.1 Å². The van der Waals surface area contributed by atoms with Crippen LogP contribution in [0.15, 0.2) is 15.0 Å². The number of H-pyrrole nitrogens is 1. The molecule has 0 bridgehead atoms. The molecule has 7 nitrogen and oxygen atoms in total. The first-order valence-corrected chi connectivity index (χ1v) is 6.90. The molecular weight excluding hydrogens is 264 g/mol. The zero-order valence-electron chi connectivity index (χ0n) is 11.5. The van der Waals surface area contributed by atoms with Crippen LogP contribution in [0, 0.1) is 6.92 Å². The second-order valence-electron chi connectivity index (χ2n) is 4.18. The maximum absolute atomic E-state index is 11.6. The van der Waals surface area contributed by atoms with Crippen LogP contribution in [0.4, 0.5) is 0 Å². The summed E-state index contributed by atoms with van der Waals surface area (Å²) in [5, 5.41) is 15.8. The summed E-state index contributed by atoms with van der Waals surface area (Å²) in [6.07, 6.45) is 0. The van der Waals surface area contributed by atoms with Crippen molar-refractivity contribution in [3.05, 3.63) is 21.7 Å². The van der Waals surface area contributed by atoms with Gasteiger partial charge in [-0.25, -0.2) is 9.89 Å². The first-order chi connectivity index (χ1) is 9.08. The Morgan fingerprint density at radius 3 is 2.84 bits per heavy atom. The average Bonchev–Trinajstić information content (AvgIpc) is 2.84. The van der Waals surface area contributed by atoms with Gasteiger partial charge in [-0.3, -0.25) is 9.25 Å². The van der Waals surface area contributed by atoms with E-state index in [1.807, 2.05) is 32.6 Å². The number of nitrogens with zero attached hydrogens (tertiary/aromatic N) is 4. The molecule has 2 rings (SSSR count). The molecule has 0 aliphatic heterocycles. The van der Waals surface area contributed by atoms with Crippen LogP contribution in [0.5, 0.6) is 0 Å². The summed E-state index contributed by atoms with van der Waals surface area (Å²) < 4.78 is 3.43. The lowest BCUT2D eigenvalue weighted by Crippen LogP contribution is -2.16. The van der Waals surface area contributed by atoms with Gasteiger partial charge in [-0.15, -0.1) is 5.10 Å². The number of aromatic amines is 1. The first-order valence-electron chi connectivity index (χ1n) is 6.08. The smallest absolute Gasteiger partial charge is 0.316 e. The summed E-state index contributed by atoms with van der Waals surface area (Å²) in [5.41, 5.74) is 1.94. The van der Waals surface area contributed by atoms with Gasteiger partial charge in [0.25, 0.3) is 0 Å². The zero-order chi connectivity index (χ0) is 14.0. The number of nitrogens with one attached hydrogen (secondary N) is 2. The fourth-order valence-electron chi connectivity index (χ4n) is 1.94. The monoisotopic (exact) mass is 282 g/mol. The molecule has 0 aliphatic carbocycles. The standard InChI is InChI=1S/C11H18N6OS/c1-5-17-10(18)13-14-11(17)19-9-8(6-12-3)7(2)15-16(9)4/h12H,5-6H2,1-4H3,(H,13,18). The van der Waals surface area contributed by atoms with Gasteiger partial charge in [0.2, 0.25) is 0 Å². The van der Waals surface area contributed by atoms with Crippen LogP contribution in [0.3, 0.4) is 0 Å². The Morgan fingerprint density at radius 1 is 1.47 bits per heavy atom. The van der Waals surface area contributed by atoms with E-state index in [1.54, 1.807) is 4.57 Å². The molecule has 8 heteroatoms. The maximum Gasteiger partial charge on any atom is 0.343 e. The van der Waals surface area contributed by atoms with Crippen molar-refractivity contribution in [3.8, 4) is 0 Å². The van der Waals surface area contributed by atoms with Crippen molar-refractivity contribution < 1.29 is 0 Å². The minimum Gasteiger partial charge on any atom is -0.316 e. The predicted octanol–water partition coefficient (Wildman–Crippen LogP) is 0.504. The van der Waals surface area contributed by atoms with E-state index in [-0.39, 0.29) is 5.69 Å². The van der Waals surface area contributed by atoms with Crippen LogP contribution in [-0.4, -0.2) is 31.6 Å². The lowest BCUT2D eigenvalue weighted by molar-refractivity contribution is 0.651. The summed E-state index contributed by atoms with van der Waals surface area (Å²) >= 11 is 1.45. The van der Waals surface area contributed by atoms with Crippen molar-refractivity contribution in [2.75, 3.05) is 7.05 Å².